The van der Waals surface area contributed by atoms with Crippen molar-refractivity contribution < 1.29 is 14.3 Å². The molecule has 0 saturated carbocycles. The third kappa shape index (κ3) is 3.17. The first-order valence-corrected chi connectivity index (χ1v) is 6.96. The summed E-state index contributed by atoms with van der Waals surface area (Å²) in [6.07, 6.45) is 1.68. The van der Waals surface area contributed by atoms with Crippen LogP contribution in [0.25, 0.3) is 0 Å². The normalized spacial score (nSPS) is 25.7. The minimum absolute atomic E-state index is 0.127. The predicted octanol–water partition coefficient (Wildman–Crippen LogP) is 2.79. The van der Waals surface area contributed by atoms with Crippen molar-refractivity contribution in [1.29, 1.82) is 5.26 Å². The molecule has 0 aromatic heterocycles. The van der Waals surface area contributed by atoms with Crippen molar-refractivity contribution in [2.45, 2.75) is 31.8 Å². The summed E-state index contributed by atoms with van der Waals surface area (Å²) >= 11 is 0. The second kappa shape index (κ2) is 6.53. The molecule has 0 bridgehead atoms. The summed E-state index contributed by atoms with van der Waals surface area (Å²) in [5, 5.41) is 9.56. The minimum Gasteiger partial charge on any atom is -0.466 e. The number of hydrogen-bond acceptors (Lipinski definition) is 4. The molecular weight excluding hydrogens is 254 g/mol. The Labute approximate surface area is 119 Å². The number of nitriles is 1. The second-order valence-corrected chi connectivity index (χ2v) is 5.02. The number of rotatable bonds is 4. The molecule has 1 aromatic rings. The van der Waals surface area contributed by atoms with E-state index in [0.717, 1.165) is 12.0 Å². The number of carbonyl (C=O) groups excluding carboxylic acids is 1. The minimum atomic E-state index is -0.934. The maximum Gasteiger partial charge on any atom is 0.306 e. The Kier molecular flexibility index (Phi) is 4.75. The fourth-order valence-electron chi connectivity index (χ4n) is 2.65. The Morgan fingerprint density at radius 2 is 2.25 bits per heavy atom. The van der Waals surface area contributed by atoms with E-state index in [1.165, 1.54) is 0 Å². The zero-order valence-electron chi connectivity index (χ0n) is 11.7. The van der Waals surface area contributed by atoms with Gasteiger partial charge in [-0.1, -0.05) is 30.3 Å². The van der Waals surface area contributed by atoms with Gasteiger partial charge in [-0.2, -0.15) is 5.26 Å². The molecule has 106 valence electrons. The average molecular weight is 273 g/mol. The molecule has 1 saturated heterocycles. The largest absolute Gasteiger partial charge is 0.466 e. The van der Waals surface area contributed by atoms with Gasteiger partial charge in [0.15, 0.2) is 5.60 Å². The van der Waals surface area contributed by atoms with Gasteiger partial charge < -0.3 is 9.47 Å². The van der Waals surface area contributed by atoms with E-state index in [4.69, 9.17) is 9.47 Å². The van der Waals surface area contributed by atoms with Gasteiger partial charge in [-0.3, -0.25) is 4.79 Å². The zero-order chi connectivity index (χ0) is 14.4. The van der Waals surface area contributed by atoms with Crippen molar-refractivity contribution in [2.24, 2.45) is 5.92 Å². The number of carbonyl (C=O) groups is 1. The van der Waals surface area contributed by atoms with Gasteiger partial charge in [-0.25, -0.2) is 0 Å². The standard InChI is InChI=1S/C16H19NO3/c1-2-19-15(18)10-13-8-9-20-16(11-13,12-17)14-6-4-3-5-7-14/h3-7,13H,2,8-11H2,1H3. The summed E-state index contributed by atoms with van der Waals surface area (Å²) in [5.74, 6) is -0.0676. The average Bonchev–Trinajstić information content (AvgIpc) is 2.48. The number of nitrogens with zero attached hydrogens (tertiary/aromatic N) is 1. The maximum absolute atomic E-state index is 11.6. The highest BCUT2D eigenvalue weighted by Crippen LogP contribution is 2.38. The van der Waals surface area contributed by atoms with Crippen LogP contribution >= 0.6 is 0 Å². The predicted molar refractivity (Wildman–Crippen MR) is 73.7 cm³/mol. The molecule has 4 heteroatoms. The van der Waals surface area contributed by atoms with Crippen LogP contribution in [-0.4, -0.2) is 19.2 Å². The molecule has 0 radical (unpaired) electrons. The van der Waals surface area contributed by atoms with E-state index in [1.807, 2.05) is 30.3 Å². The van der Waals surface area contributed by atoms with Crippen molar-refractivity contribution in [1.82, 2.24) is 0 Å². The van der Waals surface area contributed by atoms with Crippen LogP contribution in [0.3, 0.4) is 0 Å². The second-order valence-electron chi connectivity index (χ2n) is 5.02. The van der Waals surface area contributed by atoms with Crippen LogP contribution in [0.1, 0.15) is 31.7 Å². The summed E-state index contributed by atoms with van der Waals surface area (Å²) in [6, 6.07) is 11.8. The van der Waals surface area contributed by atoms with Crippen LogP contribution in [0.5, 0.6) is 0 Å². The Bertz CT molecular complexity index is 494. The molecule has 2 rings (SSSR count). The molecule has 0 aliphatic carbocycles. The molecule has 0 spiro atoms. The Hall–Kier alpha value is -1.86. The third-order valence-corrected chi connectivity index (χ3v) is 3.63. The van der Waals surface area contributed by atoms with Crippen LogP contribution in [0.2, 0.25) is 0 Å². The maximum atomic E-state index is 11.6. The van der Waals surface area contributed by atoms with Crippen LogP contribution in [0.4, 0.5) is 0 Å². The van der Waals surface area contributed by atoms with Crippen molar-refractivity contribution in [3.8, 4) is 6.07 Å². The van der Waals surface area contributed by atoms with Crippen LogP contribution in [0, 0.1) is 17.2 Å². The van der Waals surface area contributed by atoms with E-state index in [9.17, 15) is 10.1 Å². The first-order valence-electron chi connectivity index (χ1n) is 6.96. The lowest BCUT2D eigenvalue weighted by molar-refractivity contribution is -0.146. The molecule has 0 amide bonds. The van der Waals surface area contributed by atoms with E-state index >= 15 is 0 Å². The highest BCUT2D eigenvalue weighted by Gasteiger charge is 2.40. The monoisotopic (exact) mass is 273 g/mol. The van der Waals surface area contributed by atoms with Crippen molar-refractivity contribution in [3.63, 3.8) is 0 Å². The first kappa shape index (κ1) is 14.5. The van der Waals surface area contributed by atoms with E-state index in [-0.39, 0.29) is 11.9 Å². The first-order chi connectivity index (χ1) is 9.70. The lowest BCUT2D eigenvalue weighted by atomic mass is 9.80. The van der Waals surface area contributed by atoms with E-state index in [1.54, 1.807) is 6.92 Å². The van der Waals surface area contributed by atoms with Gasteiger partial charge in [0.25, 0.3) is 0 Å². The molecule has 4 nitrogen and oxygen atoms in total. The molecule has 20 heavy (non-hydrogen) atoms. The Morgan fingerprint density at radius 1 is 1.50 bits per heavy atom. The molecule has 1 aliphatic rings. The fraction of sp³-hybridized carbons (Fsp3) is 0.500. The summed E-state index contributed by atoms with van der Waals surface area (Å²) in [4.78, 5) is 11.6. The van der Waals surface area contributed by atoms with Crippen LogP contribution in [-0.2, 0) is 19.9 Å². The van der Waals surface area contributed by atoms with E-state index in [2.05, 4.69) is 6.07 Å². The van der Waals surface area contributed by atoms with Crippen LogP contribution < -0.4 is 0 Å². The molecule has 2 atom stereocenters. The van der Waals surface area contributed by atoms with Gasteiger partial charge >= 0.3 is 5.97 Å². The molecule has 2 unspecified atom stereocenters. The number of ether oxygens (including phenoxy) is 2. The summed E-state index contributed by atoms with van der Waals surface area (Å²) in [5.41, 5.74) is -0.0764. The van der Waals surface area contributed by atoms with Crippen LogP contribution in [0.15, 0.2) is 30.3 Å². The summed E-state index contributed by atoms with van der Waals surface area (Å²) in [7, 11) is 0. The third-order valence-electron chi connectivity index (χ3n) is 3.63. The van der Waals surface area contributed by atoms with Crippen molar-refractivity contribution in [2.75, 3.05) is 13.2 Å². The Morgan fingerprint density at radius 3 is 2.90 bits per heavy atom. The summed E-state index contributed by atoms with van der Waals surface area (Å²) < 4.78 is 10.7. The van der Waals surface area contributed by atoms with E-state index in [0.29, 0.717) is 26.1 Å². The van der Waals surface area contributed by atoms with Gasteiger partial charge in [0, 0.05) is 13.0 Å². The quantitative estimate of drug-likeness (QED) is 0.791. The smallest absolute Gasteiger partial charge is 0.306 e. The number of esters is 1. The fourth-order valence-corrected chi connectivity index (χ4v) is 2.65. The van der Waals surface area contributed by atoms with Gasteiger partial charge in [0.2, 0.25) is 0 Å². The zero-order valence-corrected chi connectivity index (χ0v) is 11.7. The SMILES string of the molecule is CCOC(=O)CC1CCOC(C#N)(c2ccccc2)C1. The van der Waals surface area contributed by atoms with Gasteiger partial charge in [-0.05, 0) is 31.2 Å². The molecular formula is C16H19NO3. The van der Waals surface area contributed by atoms with Gasteiger partial charge in [0.05, 0.1) is 6.61 Å². The molecule has 1 heterocycles. The molecule has 1 aromatic carbocycles. The number of hydrogen-bond donors (Lipinski definition) is 0. The van der Waals surface area contributed by atoms with Crippen molar-refractivity contribution >= 4 is 5.97 Å². The highest BCUT2D eigenvalue weighted by atomic mass is 16.5. The van der Waals surface area contributed by atoms with Gasteiger partial charge in [-0.15, -0.1) is 0 Å². The topological polar surface area (TPSA) is 59.3 Å². The molecule has 1 aliphatic heterocycles. The lowest BCUT2D eigenvalue weighted by Crippen LogP contribution is -2.37. The lowest BCUT2D eigenvalue weighted by Gasteiger charge is -2.35. The summed E-state index contributed by atoms with van der Waals surface area (Å²) in [6.45, 7) is 2.68. The molecule has 1 fully saturated rings. The van der Waals surface area contributed by atoms with Gasteiger partial charge in [0.1, 0.15) is 6.07 Å². The highest BCUT2D eigenvalue weighted by molar-refractivity contribution is 5.69. The van der Waals surface area contributed by atoms with Crippen molar-refractivity contribution in [3.05, 3.63) is 35.9 Å². The molecule has 0 N–H and O–H groups in total. The number of benzene rings is 1. The Balaban J connectivity index is 2.12. The van der Waals surface area contributed by atoms with E-state index < -0.39 is 5.60 Å².